The summed E-state index contributed by atoms with van der Waals surface area (Å²) in [7, 11) is 0. The van der Waals surface area contributed by atoms with Gasteiger partial charge in [-0.05, 0) is 6.92 Å². The fraction of sp³-hybridized carbons (Fsp3) is 0.333. The van der Waals surface area contributed by atoms with E-state index >= 15 is 0 Å². The van der Waals surface area contributed by atoms with Crippen LogP contribution in [0.25, 0.3) is 5.82 Å². The highest BCUT2D eigenvalue weighted by Crippen LogP contribution is 2.20. The van der Waals surface area contributed by atoms with E-state index in [1.54, 1.807) is 6.92 Å². The Labute approximate surface area is 110 Å². The maximum absolute atomic E-state index is 11.1. The van der Waals surface area contributed by atoms with Gasteiger partial charge in [0.25, 0.3) is 5.91 Å². The van der Waals surface area contributed by atoms with Gasteiger partial charge in [-0.2, -0.15) is 5.10 Å². The molecular weight excluding hydrogens is 244 g/mol. The van der Waals surface area contributed by atoms with Crippen LogP contribution in [0.15, 0.2) is 12.4 Å². The summed E-state index contributed by atoms with van der Waals surface area (Å²) in [5.41, 5.74) is 12.1. The minimum atomic E-state index is -0.532. The Kier molecular flexibility index (Phi) is 3.20. The molecule has 4 N–H and O–H groups in total. The first-order valence-corrected chi connectivity index (χ1v) is 5.89. The van der Waals surface area contributed by atoms with Crippen molar-refractivity contribution in [2.24, 2.45) is 5.73 Å². The number of anilines is 1. The number of carbonyl (C=O) groups is 1. The lowest BCUT2D eigenvalue weighted by Crippen LogP contribution is -2.11. The number of amides is 1. The van der Waals surface area contributed by atoms with Crippen molar-refractivity contribution in [3.05, 3.63) is 29.3 Å². The maximum atomic E-state index is 11.1. The number of nitrogen functional groups attached to an aromatic ring is 1. The Morgan fingerprint density at radius 2 is 2.05 bits per heavy atom. The minimum Gasteiger partial charge on any atom is -0.383 e. The van der Waals surface area contributed by atoms with Crippen molar-refractivity contribution in [3.63, 3.8) is 0 Å². The first-order chi connectivity index (χ1) is 8.90. The Hall–Kier alpha value is -2.44. The summed E-state index contributed by atoms with van der Waals surface area (Å²) in [6, 6.07) is 0. The molecule has 0 atom stereocenters. The standard InChI is InChI=1S/C12H16N6O/c1-6(2)11-16-9(13)7(3)12(17-11)18-5-8(4-15-18)10(14)19/h4-6H,1-3H3,(H2,14,19)(H2,13,16,17). The molecule has 2 rings (SSSR count). The molecule has 2 aromatic rings. The quantitative estimate of drug-likeness (QED) is 0.846. The number of hydrogen-bond acceptors (Lipinski definition) is 5. The number of carbonyl (C=O) groups excluding carboxylic acids is 1. The largest absolute Gasteiger partial charge is 0.383 e. The molecule has 2 heterocycles. The molecule has 0 aliphatic carbocycles. The highest BCUT2D eigenvalue weighted by molar-refractivity contribution is 5.92. The average molecular weight is 260 g/mol. The number of rotatable bonds is 3. The molecule has 7 heteroatoms. The van der Waals surface area contributed by atoms with Gasteiger partial charge in [-0.1, -0.05) is 13.8 Å². The molecule has 0 unspecified atom stereocenters. The summed E-state index contributed by atoms with van der Waals surface area (Å²) in [5.74, 6) is 1.21. The number of nitrogens with two attached hydrogens (primary N) is 2. The van der Waals surface area contributed by atoms with E-state index in [1.807, 2.05) is 13.8 Å². The molecule has 0 aromatic carbocycles. The highest BCUT2D eigenvalue weighted by atomic mass is 16.1. The van der Waals surface area contributed by atoms with E-state index in [0.717, 1.165) is 0 Å². The third-order valence-corrected chi connectivity index (χ3v) is 2.78. The Balaban J connectivity index is 2.56. The van der Waals surface area contributed by atoms with Gasteiger partial charge in [0.1, 0.15) is 11.6 Å². The summed E-state index contributed by atoms with van der Waals surface area (Å²) < 4.78 is 1.49. The Morgan fingerprint density at radius 3 is 2.58 bits per heavy atom. The molecule has 2 aromatic heterocycles. The number of hydrogen-bond donors (Lipinski definition) is 2. The van der Waals surface area contributed by atoms with E-state index in [9.17, 15) is 4.79 Å². The van der Waals surface area contributed by atoms with E-state index in [4.69, 9.17) is 11.5 Å². The molecule has 1 amide bonds. The molecule has 0 spiro atoms. The van der Waals surface area contributed by atoms with Gasteiger partial charge < -0.3 is 11.5 Å². The van der Waals surface area contributed by atoms with Gasteiger partial charge in [0, 0.05) is 17.7 Å². The van der Waals surface area contributed by atoms with Crippen molar-refractivity contribution in [2.45, 2.75) is 26.7 Å². The van der Waals surface area contributed by atoms with Gasteiger partial charge in [-0.15, -0.1) is 0 Å². The normalized spacial score (nSPS) is 10.9. The van der Waals surface area contributed by atoms with Gasteiger partial charge in [-0.3, -0.25) is 4.79 Å². The van der Waals surface area contributed by atoms with Crippen molar-refractivity contribution in [2.75, 3.05) is 5.73 Å². The lowest BCUT2D eigenvalue weighted by Gasteiger charge is -2.11. The molecular formula is C12H16N6O. The Morgan fingerprint density at radius 1 is 1.37 bits per heavy atom. The minimum absolute atomic E-state index is 0.146. The van der Waals surface area contributed by atoms with Crippen LogP contribution in [0.1, 0.15) is 41.5 Å². The van der Waals surface area contributed by atoms with Crippen molar-refractivity contribution < 1.29 is 4.79 Å². The van der Waals surface area contributed by atoms with Crippen LogP contribution < -0.4 is 11.5 Å². The second-order valence-corrected chi connectivity index (χ2v) is 4.61. The number of nitrogens with zero attached hydrogens (tertiary/aromatic N) is 4. The topological polar surface area (TPSA) is 113 Å². The zero-order valence-corrected chi connectivity index (χ0v) is 11.1. The number of aromatic nitrogens is 4. The van der Waals surface area contributed by atoms with E-state index in [1.165, 1.54) is 17.1 Å². The van der Waals surface area contributed by atoms with Crippen LogP contribution in [-0.2, 0) is 0 Å². The zero-order valence-electron chi connectivity index (χ0n) is 11.1. The summed E-state index contributed by atoms with van der Waals surface area (Å²) in [6.07, 6.45) is 2.93. The van der Waals surface area contributed by atoms with Crippen LogP contribution in [0, 0.1) is 6.92 Å². The monoisotopic (exact) mass is 260 g/mol. The van der Waals surface area contributed by atoms with Crippen molar-refractivity contribution in [1.29, 1.82) is 0 Å². The lowest BCUT2D eigenvalue weighted by atomic mass is 10.2. The predicted molar refractivity (Wildman–Crippen MR) is 70.9 cm³/mol. The Bertz CT molecular complexity index is 631. The predicted octanol–water partition coefficient (Wildman–Crippen LogP) is 0.775. The highest BCUT2D eigenvalue weighted by Gasteiger charge is 2.14. The smallest absolute Gasteiger partial charge is 0.251 e. The van der Waals surface area contributed by atoms with Crippen LogP contribution in [0.4, 0.5) is 5.82 Å². The SMILES string of the molecule is Cc1c(N)nc(C(C)C)nc1-n1cc(C(N)=O)cn1. The molecule has 0 aliphatic heterocycles. The fourth-order valence-electron chi connectivity index (χ4n) is 1.59. The summed E-state index contributed by atoms with van der Waals surface area (Å²) >= 11 is 0. The van der Waals surface area contributed by atoms with E-state index in [-0.39, 0.29) is 5.92 Å². The summed E-state index contributed by atoms with van der Waals surface area (Å²) in [6.45, 7) is 5.76. The maximum Gasteiger partial charge on any atom is 0.251 e. The average Bonchev–Trinajstić information content (AvgIpc) is 2.81. The second kappa shape index (κ2) is 4.68. The second-order valence-electron chi connectivity index (χ2n) is 4.61. The van der Waals surface area contributed by atoms with Crippen molar-refractivity contribution in [1.82, 2.24) is 19.7 Å². The number of primary amides is 1. The first-order valence-electron chi connectivity index (χ1n) is 5.89. The molecule has 19 heavy (non-hydrogen) atoms. The van der Waals surface area contributed by atoms with E-state index in [2.05, 4.69) is 15.1 Å². The summed E-state index contributed by atoms with van der Waals surface area (Å²) in [4.78, 5) is 19.8. The fourth-order valence-corrected chi connectivity index (χ4v) is 1.59. The molecule has 0 saturated carbocycles. The van der Waals surface area contributed by atoms with Gasteiger partial charge in [-0.25, -0.2) is 14.6 Å². The molecule has 0 bridgehead atoms. The van der Waals surface area contributed by atoms with Crippen LogP contribution in [0.5, 0.6) is 0 Å². The van der Waals surface area contributed by atoms with E-state index < -0.39 is 5.91 Å². The van der Waals surface area contributed by atoms with Crippen LogP contribution in [-0.4, -0.2) is 25.7 Å². The molecule has 0 saturated heterocycles. The molecule has 0 fully saturated rings. The van der Waals surface area contributed by atoms with Gasteiger partial charge in [0.2, 0.25) is 0 Å². The molecule has 0 radical (unpaired) electrons. The molecule has 100 valence electrons. The van der Waals surface area contributed by atoms with Crippen LogP contribution >= 0.6 is 0 Å². The van der Waals surface area contributed by atoms with Crippen molar-refractivity contribution >= 4 is 11.7 Å². The lowest BCUT2D eigenvalue weighted by molar-refractivity contribution is 0.100. The van der Waals surface area contributed by atoms with E-state index in [0.29, 0.717) is 28.6 Å². The van der Waals surface area contributed by atoms with Gasteiger partial charge in [0.05, 0.1) is 11.8 Å². The van der Waals surface area contributed by atoms with Gasteiger partial charge in [0.15, 0.2) is 5.82 Å². The molecule has 7 nitrogen and oxygen atoms in total. The van der Waals surface area contributed by atoms with Crippen molar-refractivity contribution in [3.8, 4) is 5.82 Å². The zero-order chi connectivity index (χ0) is 14.2. The first kappa shape index (κ1) is 13.0. The third-order valence-electron chi connectivity index (χ3n) is 2.78. The summed E-state index contributed by atoms with van der Waals surface area (Å²) in [5, 5.41) is 4.08. The molecule has 0 aliphatic rings. The van der Waals surface area contributed by atoms with Crippen LogP contribution in [0.2, 0.25) is 0 Å². The van der Waals surface area contributed by atoms with Crippen LogP contribution in [0.3, 0.4) is 0 Å². The third kappa shape index (κ3) is 2.40. The van der Waals surface area contributed by atoms with Gasteiger partial charge >= 0.3 is 0 Å².